The van der Waals surface area contributed by atoms with Gasteiger partial charge in [0.2, 0.25) is 0 Å². The minimum Gasteiger partial charge on any atom is -0.459 e. The number of carbonyl (C=O) groups excluding carboxylic acids is 1. The van der Waals surface area contributed by atoms with Crippen molar-refractivity contribution in [2.75, 3.05) is 13.2 Å². The quantitative estimate of drug-likeness (QED) is 0.769. The van der Waals surface area contributed by atoms with Crippen LogP contribution in [0.25, 0.3) is 0 Å². The number of rotatable bonds is 7. The van der Waals surface area contributed by atoms with E-state index in [0.29, 0.717) is 18.4 Å². The van der Waals surface area contributed by atoms with E-state index in [1.807, 2.05) is 30.3 Å². The molecule has 0 heterocycles. The monoisotopic (exact) mass is 300 g/mol. The molecule has 0 fully saturated rings. The Hall–Kier alpha value is -2.17. The van der Waals surface area contributed by atoms with E-state index in [1.54, 1.807) is 30.3 Å². The Morgan fingerprint density at radius 1 is 1.00 bits per heavy atom. The Morgan fingerprint density at radius 3 is 2.18 bits per heavy atom. The standard InChI is InChI=1S/C18H20O4/c19-13-18(21,12-11-15-7-3-1-4-8-15)14-22-17(20)16-9-5-2-6-10-16/h1-10,19,21H,11-14H2/t18-/m1/s1. The zero-order valence-electron chi connectivity index (χ0n) is 12.3. The molecule has 0 radical (unpaired) electrons. The van der Waals surface area contributed by atoms with Gasteiger partial charge in [0.1, 0.15) is 12.2 Å². The van der Waals surface area contributed by atoms with Crippen molar-refractivity contribution in [1.29, 1.82) is 0 Å². The molecule has 2 aromatic carbocycles. The van der Waals surface area contributed by atoms with Gasteiger partial charge >= 0.3 is 5.97 Å². The van der Waals surface area contributed by atoms with Crippen LogP contribution in [0.4, 0.5) is 0 Å². The van der Waals surface area contributed by atoms with Gasteiger partial charge in [0.15, 0.2) is 0 Å². The Balaban J connectivity index is 1.89. The van der Waals surface area contributed by atoms with Crippen molar-refractivity contribution >= 4 is 5.97 Å². The molecule has 2 aromatic rings. The highest BCUT2D eigenvalue weighted by Gasteiger charge is 2.28. The Kier molecular flexibility index (Phi) is 5.69. The van der Waals surface area contributed by atoms with Gasteiger partial charge in [-0.3, -0.25) is 0 Å². The van der Waals surface area contributed by atoms with Crippen LogP contribution in [0.5, 0.6) is 0 Å². The Bertz CT molecular complexity index is 583. The van der Waals surface area contributed by atoms with Crippen molar-refractivity contribution in [2.45, 2.75) is 18.4 Å². The van der Waals surface area contributed by atoms with Gasteiger partial charge in [0.25, 0.3) is 0 Å². The van der Waals surface area contributed by atoms with E-state index in [0.717, 1.165) is 5.56 Å². The molecule has 0 aliphatic heterocycles. The molecule has 0 aliphatic carbocycles. The predicted molar refractivity (Wildman–Crippen MR) is 83.5 cm³/mol. The summed E-state index contributed by atoms with van der Waals surface area (Å²) in [6.07, 6.45) is 0.913. The zero-order chi connectivity index (χ0) is 15.8. The number of esters is 1. The molecule has 2 rings (SSSR count). The van der Waals surface area contributed by atoms with Crippen LogP contribution in [-0.4, -0.2) is 35.0 Å². The van der Waals surface area contributed by atoms with Gasteiger partial charge in [-0.25, -0.2) is 4.79 Å². The molecule has 22 heavy (non-hydrogen) atoms. The summed E-state index contributed by atoms with van der Waals surface area (Å²) in [5.41, 5.74) is 0.0508. The zero-order valence-corrected chi connectivity index (χ0v) is 12.3. The largest absolute Gasteiger partial charge is 0.459 e. The number of carbonyl (C=O) groups is 1. The van der Waals surface area contributed by atoms with Gasteiger partial charge < -0.3 is 14.9 Å². The van der Waals surface area contributed by atoms with Crippen LogP contribution in [0.15, 0.2) is 60.7 Å². The molecular formula is C18H20O4. The fourth-order valence-electron chi connectivity index (χ4n) is 2.08. The molecule has 0 amide bonds. The number of benzene rings is 2. The van der Waals surface area contributed by atoms with Crippen molar-refractivity contribution in [1.82, 2.24) is 0 Å². The third-order valence-corrected chi connectivity index (χ3v) is 3.50. The first-order valence-electron chi connectivity index (χ1n) is 7.22. The highest BCUT2D eigenvalue weighted by Crippen LogP contribution is 2.16. The lowest BCUT2D eigenvalue weighted by molar-refractivity contribution is -0.0681. The fraction of sp³-hybridized carbons (Fsp3) is 0.278. The summed E-state index contributed by atoms with van der Waals surface area (Å²) in [7, 11) is 0. The van der Waals surface area contributed by atoms with Crippen molar-refractivity contribution in [2.24, 2.45) is 0 Å². The van der Waals surface area contributed by atoms with Crippen molar-refractivity contribution < 1.29 is 19.7 Å². The topological polar surface area (TPSA) is 66.8 Å². The summed E-state index contributed by atoms with van der Waals surface area (Å²) in [6, 6.07) is 18.2. The van der Waals surface area contributed by atoms with Crippen LogP contribution in [-0.2, 0) is 11.2 Å². The summed E-state index contributed by atoms with van der Waals surface area (Å²) in [6.45, 7) is -0.689. The lowest BCUT2D eigenvalue weighted by Crippen LogP contribution is -2.40. The van der Waals surface area contributed by atoms with E-state index in [4.69, 9.17) is 4.74 Å². The van der Waals surface area contributed by atoms with Gasteiger partial charge in [-0.2, -0.15) is 0 Å². The summed E-state index contributed by atoms with van der Waals surface area (Å²) in [5.74, 6) is -0.507. The number of hydrogen-bond acceptors (Lipinski definition) is 4. The van der Waals surface area contributed by atoms with Crippen LogP contribution < -0.4 is 0 Å². The Labute approximate surface area is 130 Å². The second kappa shape index (κ2) is 7.73. The number of aryl methyl sites for hydroxylation is 1. The maximum atomic E-state index is 11.9. The van der Waals surface area contributed by atoms with Crippen LogP contribution in [0.3, 0.4) is 0 Å². The molecule has 116 valence electrons. The summed E-state index contributed by atoms with van der Waals surface area (Å²) >= 11 is 0. The van der Waals surface area contributed by atoms with E-state index in [-0.39, 0.29) is 6.61 Å². The van der Waals surface area contributed by atoms with Gasteiger partial charge in [0, 0.05) is 0 Å². The third-order valence-electron chi connectivity index (χ3n) is 3.50. The summed E-state index contributed by atoms with van der Waals surface area (Å²) < 4.78 is 5.12. The van der Waals surface area contributed by atoms with Gasteiger partial charge in [-0.15, -0.1) is 0 Å². The third kappa shape index (κ3) is 4.69. The molecule has 0 aliphatic rings. The lowest BCUT2D eigenvalue weighted by atomic mass is 9.96. The van der Waals surface area contributed by atoms with Crippen LogP contribution in [0.1, 0.15) is 22.3 Å². The molecular weight excluding hydrogens is 280 g/mol. The minimum absolute atomic E-state index is 0.232. The van der Waals surface area contributed by atoms with Crippen LogP contribution >= 0.6 is 0 Å². The van der Waals surface area contributed by atoms with Gasteiger partial charge in [-0.1, -0.05) is 48.5 Å². The molecule has 1 atom stereocenters. The highest BCUT2D eigenvalue weighted by atomic mass is 16.5. The first kappa shape index (κ1) is 16.2. The average molecular weight is 300 g/mol. The maximum Gasteiger partial charge on any atom is 0.338 e. The van der Waals surface area contributed by atoms with E-state index < -0.39 is 18.2 Å². The second-order valence-electron chi connectivity index (χ2n) is 5.31. The molecule has 4 heteroatoms. The van der Waals surface area contributed by atoms with Crippen LogP contribution in [0.2, 0.25) is 0 Å². The number of aliphatic hydroxyl groups is 2. The van der Waals surface area contributed by atoms with E-state index in [1.165, 1.54) is 0 Å². The SMILES string of the molecule is O=C(OC[C@](O)(CO)CCc1ccccc1)c1ccccc1. The molecule has 0 saturated heterocycles. The summed E-state index contributed by atoms with van der Waals surface area (Å²) in [5, 5.41) is 19.8. The number of hydrogen-bond donors (Lipinski definition) is 2. The highest BCUT2D eigenvalue weighted by molar-refractivity contribution is 5.89. The first-order chi connectivity index (χ1) is 10.6. The second-order valence-corrected chi connectivity index (χ2v) is 5.31. The predicted octanol–water partition coefficient (Wildman–Crippen LogP) is 2.20. The lowest BCUT2D eigenvalue weighted by Gasteiger charge is -2.25. The van der Waals surface area contributed by atoms with Gasteiger partial charge in [-0.05, 0) is 30.5 Å². The molecule has 2 N–H and O–H groups in total. The average Bonchev–Trinajstić information content (AvgIpc) is 2.59. The molecule has 0 unspecified atom stereocenters. The van der Waals surface area contributed by atoms with Gasteiger partial charge in [0.05, 0.1) is 12.2 Å². The van der Waals surface area contributed by atoms with Crippen LogP contribution in [0, 0.1) is 0 Å². The number of aliphatic hydroxyl groups excluding tert-OH is 1. The first-order valence-corrected chi connectivity index (χ1v) is 7.22. The molecule has 0 aromatic heterocycles. The Morgan fingerprint density at radius 2 is 1.59 bits per heavy atom. The van der Waals surface area contributed by atoms with E-state index in [9.17, 15) is 15.0 Å². The van der Waals surface area contributed by atoms with E-state index >= 15 is 0 Å². The molecule has 0 bridgehead atoms. The molecule has 4 nitrogen and oxygen atoms in total. The van der Waals surface area contributed by atoms with Crippen molar-refractivity contribution in [3.05, 3.63) is 71.8 Å². The normalized spacial score (nSPS) is 13.4. The van der Waals surface area contributed by atoms with E-state index in [2.05, 4.69) is 0 Å². The summed E-state index contributed by atoms with van der Waals surface area (Å²) in [4.78, 5) is 11.9. The smallest absolute Gasteiger partial charge is 0.338 e. The fourth-order valence-corrected chi connectivity index (χ4v) is 2.08. The van der Waals surface area contributed by atoms with Crippen molar-refractivity contribution in [3.63, 3.8) is 0 Å². The maximum absolute atomic E-state index is 11.9. The minimum atomic E-state index is -1.43. The number of ether oxygens (including phenoxy) is 1. The molecule has 0 saturated carbocycles. The molecule has 0 spiro atoms. The van der Waals surface area contributed by atoms with Crippen molar-refractivity contribution in [3.8, 4) is 0 Å².